The third-order valence-electron chi connectivity index (χ3n) is 3.90. The highest BCUT2D eigenvalue weighted by atomic mass is 19.4. The Labute approximate surface area is 97.8 Å². The summed E-state index contributed by atoms with van der Waals surface area (Å²) in [6.45, 7) is 0. The van der Waals surface area contributed by atoms with Crippen LogP contribution in [0.5, 0.6) is 0 Å². The summed E-state index contributed by atoms with van der Waals surface area (Å²) in [6, 6.07) is 0.220. The zero-order valence-corrected chi connectivity index (χ0v) is 9.56. The van der Waals surface area contributed by atoms with Gasteiger partial charge in [0.25, 0.3) is 0 Å². The molecule has 0 radical (unpaired) electrons. The van der Waals surface area contributed by atoms with Crippen LogP contribution >= 0.6 is 0 Å². The molecule has 1 fully saturated rings. The summed E-state index contributed by atoms with van der Waals surface area (Å²) in [5, 5.41) is 3.88. The highest BCUT2D eigenvalue weighted by molar-refractivity contribution is 5.31. The average Bonchev–Trinajstić information content (AvgIpc) is 2.55. The van der Waals surface area contributed by atoms with E-state index in [9.17, 15) is 13.2 Å². The molecule has 0 saturated heterocycles. The van der Waals surface area contributed by atoms with Crippen LogP contribution in [-0.4, -0.2) is 9.78 Å². The smallest absolute Gasteiger partial charge is 0.266 e. The van der Waals surface area contributed by atoms with E-state index >= 15 is 0 Å². The third kappa shape index (κ3) is 1.76. The summed E-state index contributed by atoms with van der Waals surface area (Å²) >= 11 is 0. The minimum Gasteiger partial charge on any atom is -0.266 e. The lowest BCUT2D eigenvalue weighted by Crippen LogP contribution is -2.21. The van der Waals surface area contributed by atoms with Crippen LogP contribution < -0.4 is 0 Å². The number of rotatable bonds is 1. The fourth-order valence-corrected chi connectivity index (χ4v) is 2.79. The van der Waals surface area contributed by atoms with Crippen LogP contribution in [0.15, 0.2) is 0 Å². The van der Waals surface area contributed by atoms with Crippen molar-refractivity contribution in [3.63, 3.8) is 0 Å². The SMILES string of the molecule is FC(F)(F)c1nn(C2CCC2)c2c1CCCC2. The molecule has 1 aromatic heterocycles. The molecule has 0 N–H and O–H groups in total. The minimum atomic E-state index is -4.30. The van der Waals surface area contributed by atoms with Gasteiger partial charge in [0, 0.05) is 11.3 Å². The molecule has 2 aliphatic carbocycles. The Morgan fingerprint density at radius 3 is 2.35 bits per heavy atom. The molecule has 1 saturated carbocycles. The van der Waals surface area contributed by atoms with E-state index in [0.29, 0.717) is 12.0 Å². The lowest BCUT2D eigenvalue weighted by Gasteiger charge is -2.28. The van der Waals surface area contributed by atoms with E-state index < -0.39 is 11.9 Å². The van der Waals surface area contributed by atoms with Crippen molar-refractivity contribution in [3.8, 4) is 0 Å². The van der Waals surface area contributed by atoms with Crippen molar-refractivity contribution >= 4 is 0 Å². The summed E-state index contributed by atoms with van der Waals surface area (Å²) in [5.74, 6) is 0. The van der Waals surface area contributed by atoms with Crippen LogP contribution in [-0.2, 0) is 19.0 Å². The number of nitrogens with zero attached hydrogens (tertiary/aromatic N) is 2. The molecule has 0 bridgehead atoms. The molecular weight excluding hydrogens is 229 g/mol. The van der Waals surface area contributed by atoms with Crippen molar-refractivity contribution in [1.82, 2.24) is 9.78 Å². The van der Waals surface area contributed by atoms with Gasteiger partial charge in [-0.05, 0) is 44.9 Å². The molecule has 0 spiro atoms. The number of halogens is 3. The third-order valence-corrected chi connectivity index (χ3v) is 3.90. The molecule has 3 rings (SSSR count). The lowest BCUT2D eigenvalue weighted by molar-refractivity contribution is -0.142. The Morgan fingerprint density at radius 2 is 1.76 bits per heavy atom. The first-order chi connectivity index (χ1) is 8.07. The maximum atomic E-state index is 12.9. The van der Waals surface area contributed by atoms with Gasteiger partial charge in [0.05, 0.1) is 6.04 Å². The molecule has 17 heavy (non-hydrogen) atoms. The van der Waals surface area contributed by atoms with Gasteiger partial charge < -0.3 is 0 Å². The Bertz CT molecular complexity index is 430. The monoisotopic (exact) mass is 244 g/mol. The van der Waals surface area contributed by atoms with Crippen molar-refractivity contribution in [2.75, 3.05) is 0 Å². The van der Waals surface area contributed by atoms with Crippen molar-refractivity contribution in [2.24, 2.45) is 0 Å². The normalized spacial score (nSPS) is 21.1. The first-order valence-corrected chi connectivity index (χ1v) is 6.25. The predicted octanol–water partition coefficient (Wildman–Crippen LogP) is 3.51. The quantitative estimate of drug-likeness (QED) is 0.739. The Morgan fingerprint density at radius 1 is 1.06 bits per heavy atom. The molecular formula is C12H15F3N2. The number of hydrogen-bond donors (Lipinski definition) is 0. The maximum absolute atomic E-state index is 12.9. The van der Waals surface area contributed by atoms with Crippen LogP contribution in [0.3, 0.4) is 0 Å². The van der Waals surface area contributed by atoms with Crippen LogP contribution in [0.1, 0.15) is 55.1 Å². The van der Waals surface area contributed by atoms with E-state index in [1.807, 2.05) is 0 Å². The highest BCUT2D eigenvalue weighted by Gasteiger charge is 2.40. The topological polar surface area (TPSA) is 17.8 Å². The predicted molar refractivity (Wildman–Crippen MR) is 56.8 cm³/mol. The molecule has 0 aromatic carbocycles. The standard InChI is InChI=1S/C12H15F3N2/c13-12(14,15)11-9-6-1-2-7-10(9)17(16-11)8-4-3-5-8/h8H,1-7H2. The summed E-state index contributed by atoms with van der Waals surface area (Å²) < 4.78 is 40.4. The largest absolute Gasteiger partial charge is 0.435 e. The van der Waals surface area contributed by atoms with Crippen molar-refractivity contribution in [1.29, 1.82) is 0 Å². The second kappa shape index (κ2) is 3.75. The van der Waals surface area contributed by atoms with Gasteiger partial charge in [0.1, 0.15) is 0 Å². The second-order valence-corrected chi connectivity index (χ2v) is 5.01. The summed E-state index contributed by atoms with van der Waals surface area (Å²) in [7, 11) is 0. The number of fused-ring (bicyclic) bond motifs is 1. The van der Waals surface area contributed by atoms with Crippen LogP contribution in [0.2, 0.25) is 0 Å². The van der Waals surface area contributed by atoms with Gasteiger partial charge in [0.2, 0.25) is 0 Å². The van der Waals surface area contributed by atoms with Gasteiger partial charge >= 0.3 is 6.18 Å². The van der Waals surface area contributed by atoms with E-state index in [2.05, 4.69) is 5.10 Å². The van der Waals surface area contributed by atoms with Gasteiger partial charge in [-0.15, -0.1) is 0 Å². The van der Waals surface area contributed by atoms with Crippen LogP contribution in [0, 0.1) is 0 Å². The Balaban J connectivity index is 2.07. The van der Waals surface area contributed by atoms with E-state index in [0.717, 1.165) is 44.2 Å². The van der Waals surface area contributed by atoms with Crippen molar-refractivity contribution < 1.29 is 13.2 Å². The van der Waals surface area contributed by atoms with E-state index in [-0.39, 0.29) is 6.04 Å². The molecule has 2 aliphatic rings. The minimum absolute atomic E-state index is 0.220. The molecule has 0 unspecified atom stereocenters. The molecule has 0 atom stereocenters. The summed E-state index contributed by atoms with van der Waals surface area (Å²) in [6.07, 6.45) is 1.91. The molecule has 5 heteroatoms. The zero-order chi connectivity index (χ0) is 12.0. The first-order valence-electron chi connectivity index (χ1n) is 6.25. The van der Waals surface area contributed by atoms with Gasteiger partial charge in [-0.1, -0.05) is 0 Å². The average molecular weight is 244 g/mol. The van der Waals surface area contributed by atoms with Crippen LogP contribution in [0.25, 0.3) is 0 Å². The van der Waals surface area contributed by atoms with Gasteiger partial charge in [-0.2, -0.15) is 18.3 Å². The molecule has 1 aromatic rings. The lowest BCUT2D eigenvalue weighted by atomic mass is 9.91. The summed E-state index contributed by atoms with van der Waals surface area (Å²) in [4.78, 5) is 0. The molecule has 0 amide bonds. The van der Waals surface area contributed by atoms with E-state index in [1.165, 1.54) is 0 Å². The van der Waals surface area contributed by atoms with Crippen molar-refractivity contribution in [3.05, 3.63) is 17.0 Å². The van der Waals surface area contributed by atoms with Gasteiger partial charge in [-0.3, -0.25) is 4.68 Å². The van der Waals surface area contributed by atoms with Gasteiger partial charge in [0.15, 0.2) is 5.69 Å². The van der Waals surface area contributed by atoms with Crippen LogP contribution in [0.4, 0.5) is 13.2 Å². The van der Waals surface area contributed by atoms with E-state index in [1.54, 1.807) is 4.68 Å². The molecule has 0 aliphatic heterocycles. The second-order valence-electron chi connectivity index (χ2n) is 5.01. The molecule has 94 valence electrons. The van der Waals surface area contributed by atoms with E-state index in [4.69, 9.17) is 0 Å². The zero-order valence-electron chi connectivity index (χ0n) is 9.56. The van der Waals surface area contributed by atoms with Crippen molar-refractivity contribution in [2.45, 2.75) is 57.2 Å². The highest BCUT2D eigenvalue weighted by Crippen LogP contribution is 2.40. The molecule has 1 heterocycles. The Hall–Kier alpha value is -1.00. The number of hydrogen-bond acceptors (Lipinski definition) is 1. The summed E-state index contributed by atoms with van der Waals surface area (Å²) in [5.41, 5.74) is 0.697. The molecule has 2 nitrogen and oxygen atoms in total. The fourth-order valence-electron chi connectivity index (χ4n) is 2.79. The number of aromatic nitrogens is 2. The fraction of sp³-hybridized carbons (Fsp3) is 0.750. The maximum Gasteiger partial charge on any atom is 0.435 e. The first kappa shape index (κ1) is 11.1. The van der Waals surface area contributed by atoms with Gasteiger partial charge in [-0.25, -0.2) is 0 Å². The Kier molecular flexibility index (Phi) is 2.45. The number of alkyl halides is 3.